The second-order valence-corrected chi connectivity index (χ2v) is 16.7. The van der Waals surface area contributed by atoms with Crippen molar-refractivity contribution in [1.29, 1.82) is 0 Å². The number of aryl methyl sites for hydroxylation is 5. The van der Waals surface area contributed by atoms with Crippen molar-refractivity contribution in [2.75, 3.05) is 6.61 Å². The number of rotatable bonds is 13. The SMILES string of the molecule is CCCCCCCCOC(=O)CCc1cc(C)c(O)c(-n2nc3ccc(Cl)cc3n2)c1.Cc1cc(C)c(O)c(-n2nc3ccccc3n2)c1.Cc1ccc(O)c(-n2nc3ccccc3n2)c1. The first-order valence-corrected chi connectivity index (χ1v) is 22.5. The minimum Gasteiger partial charge on any atom is -0.506 e. The Bertz CT molecular complexity index is 3040. The summed E-state index contributed by atoms with van der Waals surface area (Å²) < 4.78 is 5.36. The van der Waals surface area contributed by atoms with E-state index in [4.69, 9.17) is 16.3 Å². The Morgan fingerprint density at radius 2 is 1.05 bits per heavy atom. The van der Waals surface area contributed by atoms with Gasteiger partial charge in [0.2, 0.25) is 0 Å². The third kappa shape index (κ3) is 11.7. The summed E-state index contributed by atoms with van der Waals surface area (Å²) in [5.74, 6) is 0.316. The van der Waals surface area contributed by atoms with E-state index in [1.165, 1.54) is 40.1 Å². The summed E-state index contributed by atoms with van der Waals surface area (Å²) in [6, 6.07) is 33.4. The maximum atomic E-state index is 12.1. The Hall–Kier alpha value is -7.32. The summed E-state index contributed by atoms with van der Waals surface area (Å²) in [6.07, 6.45) is 7.79. The lowest BCUT2D eigenvalue weighted by atomic mass is 10.0. The van der Waals surface area contributed by atoms with Crippen molar-refractivity contribution < 1.29 is 24.9 Å². The number of esters is 1. The number of unbranched alkanes of at least 4 members (excludes halogenated alkanes) is 5. The number of fused-ring (bicyclic) bond motifs is 3. The van der Waals surface area contributed by atoms with Crippen LogP contribution in [0.3, 0.4) is 0 Å². The normalized spacial score (nSPS) is 11.1. The molecule has 0 aliphatic carbocycles. The lowest BCUT2D eigenvalue weighted by molar-refractivity contribution is -0.143. The average Bonchev–Trinajstić information content (AvgIpc) is 4.06. The zero-order chi connectivity index (χ0) is 46.7. The number of carbonyl (C=O) groups excluding carboxylic acids is 1. The van der Waals surface area contributed by atoms with Crippen molar-refractivity contribution in [2.45, 2.75) is 86.0 Å². The van der Waals surface area contributed by atoms with Gasteiger partial charge in [0.05, 0.1) is 6.61 Å². The van der Waals surface area contributed by atoms with Crippen molar-refractivity contribution in [2.24, 2.45) is 0 Å². The van der Waals surface area contributed by atoms with Crippen molar-refractivity contribution in [3.8, 4) is 34.3 Å². The Labute approximate surface area is 388 Å². The first-order valence-electron chi connectivity index (χ1n) is 22.1. The molecule has 0 atom stereocenters. The molecule has 15 heteroatoms. The Morgan fingerprint density at radius 3 is 1.65 bits per heavy atom. The molecule has 0 saturated heterocycles. The lowest BCUT2D eigenvalue weighted by Gasteiger charge is -2.10. The molecule has 0 aliphatic heterocycles. The number of aromatic hydroxyl groups is 3. The van der Waals surface area contributed by atoms with E-state index in [1.807, 2.05) is 113 Å². The van der Waals surface area contributed by atoms with Gasteiger partial charge >= 0.3 is 5.97 Å². The number of nitrogens with zero attached hydrogens (tertiary/aromatic N) is 9. The minimum atomic E-state index is -0.196. The minimum absolute atomic E-state index is 0.112. The lowest BCUT2D eigenvalue weighted by Crippen LogP contribution is -2.08. The molecule has 3 N–H and O–H groups in total. The molecule has 0 fully saturated rings. The molecule has 6 aromatic carbocycles. The standard InChI is InChI=1S/C24H30ClN3O3.C14H13N3O.C13H11N3O/c1-3-4-5-6-7-8-13-31-23(29)12-9-18-14-17(2)24(30)22(15-18)28-26-20-11-10-19(25)16-21(20)27-28;1-9-7-10(2)14(18)13(8-9)17-15-11-5-3-4-6-12(11)16-17;1-9-6-7-13(17)12(8-9)16-14-10-4-2-3-5-11(10)15-16/h10-11,14-16,30H,3-9,12-13H2,1-2H3;3-8,18H,1-2H3;2-8,17H,1H3. The predicted molar refractivity (Wildman–Crippen MR) is 258 cm³/mol. The van der Waals surface area contributed by atoms with Crippen LogP contribution < -0.4 is 0 Å². The van der Waals surface area contributed by atoms with Gasteiger partial charge in [0.15, 0.2) is 0 Å². The second kappa shape index (κ2) is 21.6. The Balaban J connectivity index is 0.000000157. The average molecular weight is 909 g/mol. The molecule has 0 unspecified atom stereocenters. The fourth-order valence-corrected chi connectivity index (χ4v) is 7.50. The number of phenolic OH excluding ortho intramolecular Hbond substituents is 3. The molecule has 14 nitrogen and oxygen atoms in total. The van der Waals surface area contributed by atoms with Crippen LogP contribution in [-0.2, 0) is 16.0 Å². The van der Waals surface area contributed by atoms with Gasteiger partial charge in [-0.05, 0) is 135 Å². The zero-order valence-electron chi connectivity index (χ0n) is 37.8. The molecule has 3 aromatic heterocycles. The molecule has 340 valence electrons. The molecule has 0 amide bonds. The van der Waals surface area contributed by atoms with E-state index in [1.54, 1.807) is 24.3 Å². The van der Waals surface area contributed by atoms with Crippen LogP contribution in [0.4, 0.5) is 0 Å². The van der Waals surface area contributed by atoms with E-state index in [0.29, 0.717) is 58.1 Å². The van der Waals surface area contributed by atoms with Crippen LogP contribution in [0.25, 0.3) is 50.2 Å². The molecule has 0 bridgehead atoms. The smallest absolute Gasteiger partial charge is 0.306 e. The highest BCUT2D eigenvalue weighted by atomic mass is 35.5. The van der Waals surface area contributed by atoms with Crippen LogP contribution in [0.2, 0.25) is 5.02 Å². The van der Waals surface area contributed by atoms with Crippen LogP contribution in [0, 0.1) is 27.7 Å². The summed E-state index contributed by atoms with van der Waals surface area (Å²) in [5.41, 5.74) is 10.8. The van der Waals surface area contributed by atoms with Crippen molar-refractivity contribution in [3.63, 3.8) is 0 Å². The van der Waals surface area contributed by atoms with Crippen molar-refractivity contribution >= 4 is 50.7 Å². The Morgan fingerprint density at radius 1 is 0.545 bits per heavy atom. The summed E-state index contributed by atoms with van der Waals surface area (Å²) in [4.78, 5) is 16.5. The summed E-state index contributed by atoms with van der Waals surface area (Å²) in [7, 11) is 0. The monoisotopic (exact) mass is 907 g/mol. The molecular formula is C51H54ClN9O5. The number of aromatic nitrogens is 9. The van der Waals surface area contributed by atoms with Crippen molar-refractivity contribution in [1.82, 2.24) is 45.0 Å². The van der Waals surface area contributed by atoms with Crippen LogP contribution in [0.1, 0.15) is 79.7 Å². The quantitative estimate of drug-likeness (QED) is 0.0740. The number of hydrogen-bond acceptors (Lipinski definition) is 11. The van der Waals surface area contributed by atoms with Gasteiger partial charge in [0, 0.05) is 11.4 Å². The van der Waals surface area contributed by atoms with Crippen LogP contribution in [0.15, 0.2) is 109 Å². The number of halogens is 1. The van der Waals surface area contributed by atoms with Gasteiger partial charge in [-0.15, -0.1) is 45.0 Å². The number of phenols is 3. The number of carbonyl (C=O) groups is 1. The first kappa shape index (κ1) is 46.7. The number of hydrogen-bond donors (Lipinski definition) is 3. The third-order valence-electron chi connectivity index (χ3n) is 10.8. The highest BCUT2D eigenvalue weighted by molar-refractivity contribution is 6.31. The van der Waals surface area contributed by atoms with Gasteiger partial charge < -0.3 is 20.1 Å². The fraction of sp³-hybridized carbons (Fsp3) is 0.275. The van der Waals surface area contributed by atoms with Gasteiger partial charge in [-0.25, -0.2) is 0 Å². The second-order valence-electron chi connectivity index (χ2n) is 16.3. The van der Waals surface area contributed by atoms with Gasteiger partial charge in [-0.2, -0.15) is 0 Å². The molecule has 0 aliphatic rings. The predicted octanol–water partition coefficient (Wildman–Crippen LogP) is 11.1. The van der Waals surface area contributed by atoms with Crippen molar-refractivity contribution in [3.05, 3.63) is 142 Å². The van der Waals surface area contributed by atoms with Gasteiger partial charge in [0.1, 0.15) is 67.4 Å². The van der Waals surface area contributed by atoms with Crippen LogP contribution >= 0.6 is 11.6 Å². The summed E-state index contributed by atoms with van der Waals surface area (Å²) in [5, 5.41) is 57.3. The van der Waals surface area contributed by atoms with Gasteiger partial charge in [0.25, 0.3) is 0 Å². The molecule has 0 radical (unpaired) electrons. The van der Waals surface area contributed by atoms with E-state index in [0.717, 1.165) is 57.2 Å². The maximum absolute atomic E-state index is 12.1. The molecule has 3 heterocycles. The highest BCUT2D eigenvalue weighted by Crippen LogP contribution is 2.30. The summed E-state index contributed by atoms with van der Waals surface area (Å²) in [6.45, 7) is 10.3. The van der Waals surface area contributed by atoms with E-state index >= 15 is 0 Å². The molecule has 66 heavy (non-hydrogen) atoms. The summed E-state index contributed by atoms with van der Waals surface area (Å²) >= 11 is 6.03. The molecule has 0 saturated carbocycles. The van der Waals surface area contributed by atoms with E-state index in [9.17, 15) is 20.1 Å². The molecular weight excluding hydrogens is 854 g/mol. The van der Waals surface area contributed by atoms with E-state index in [-0.39, 0.29) is 23.2 Å². The fourth-order valence-electron chi connectivity index (χ4n) is 7.33. The zero-order valence-corrected chi connectivity index (χ0v) is 38.6. The first-order chi connectivity index (χ1) is 31.9. The molecule has 0 spiro atoms. The molecule has 9 aromatic rings. The van der Waals surface area contributed by atoms with Crippen LogP contribution in [-0.4, -0.2) is 72.9 Å². The molecule has 9 rings (SSSR count). The number of benzene rings is 6. The van der Waals surface area contributed by atoms with Gasteiger partial charge in [-0.1, -0.05) is 93.1 Å². The van der Waals surface area contributed by atoms with Crippen LogP contribution in [0.5, 0.6) is 17.2 Å². The Kier molecular flexibility index (Phi) is 15.3. The third-order valence-corrected chi connectivity index (χ3v) is 11.1. The largest absolute Gasteiger partial charge is 0.506 e. The van der Waals surface area contributed by atoms with E-state index < -0.39 is 0 Å². The topological polar surface area (TPSA) is 179 Å². The van der Waals surface area contributed by atoms with E-state index in [2.05, 4.69) is 37.5 Å². The van der Waals surface area contributed by atoms with Gasteiger partial charge in [-0.3, -0.25) is 4.79 Å². The number of ether oxygens (including phenoxy) is 1. The maximum Gasteiger partial charge on any atom is 0.306 e. The highest BCUT2D eigenvalue weighted by Gasteiger charge is 2.15.